The van der Waals surface area contributed by atoms with E-state index in [9.17, 15) is 14.0 Å². The maximum Gasteiger partial charge on any atom is 0.338 e. The lowest BCUT2D eigenvalue weighted by molar-refractivity contribution is -0.0592. The van der Waals surface area contributed by atoms with Crippen LogP contribution in [0.5, 0.6) is 0 Å². The molecule has 2 saturated heterocycles. The van der Waals surface area contributed by atoms with E-state index in [4.69, 9.17) is 26.1 Å². The highest BCUT2D eigenvalue weighted by Gasteiger charge is 2.36. The smallest absolute Gasteiger partial charge is 0.338 e. The summed E-state index contributed by atoms with van der Waals surface area (Å²) in [5.41, 5.74) is 4.19. The largest absolute Gasteiger partial charge is 0.456 e. The maximum absolute atomic E-state index is 14.6. The van der Waals surface area contributed by atoms with Crippen LogP contribution < -0.4 is 4.90 Å². The summed E-state index contributed by atoms with van der Waals surface area (Å²) in [6.45, 7) is 10.3. The molecule has 0 saturated carbocycles. The molecule has 4 aromatic rings. The number of fused-ring (bicyclic) bond motifs is 2. The van der Waals surface area contributed by atoms with Crippen molar-refractivity contribution >= 4 is 40.3 Å². The normalized spacial score (nSPS) is 18.9. The first-order chi connectivity index (χ1) is 23.5. The Bertz CT molecular complexity index is 1860. The standard InChI is InChI=1S/C38H43ClFN5O4/c1-38(2,3)49-36(46)26-9-11-32-34(20-26)45(23-30-15-19-48-30)35(41-32)24-42-16-13-29(14-17-42)44-22-27-6-4-5-7-33(27)43(37(44)47)18-12-25-8-10-28(39)21-31(25)40/h4-11,20-21,29-30H,12-19,22-24H2,1-3H3. The van der Waals surface area contributed by atoms with Crippen LogP contribution in [0.2, 0.25) is 5.02 Å². The zero-order valence-corrected chi connectivity index (χ0v) is 29.1. The van der Waals surface area contributed by atoms with Crippen molar-refractivity contribution in [2.24, 2.45) is 0 Å². The number of hydrogen-bond donors (Lipinski definition) is 0. The number of likely N-dealkylation sites (tertiary alicyclic amines) is 1. The molecule has 1 unspecified atom stereocenters. The predicted octanol–water partition coefficient (Wildman–Crippen LogP) is 7.22. The molecule has 0 radical (unpaired) electrons. The molecule has 3 aliphatic rings. The molecule has 3 aliphatic heterocycles. The number of rotatable bonds is 9. The Morgan fingerprint density at radius 1 is 1.06 bits per heavy atom. The fourth-order valence-electron chi connectivity index (χ4n) is 7.06. The number of para-hydroxylation sites is 1. The van der Waals surface area contributed by atoms with Gasteiger partial charge in [-0.3, -0.25) is 9.80 Å². The molecule has 9 nitrogen and oxygen atoms in total. The van der Waals surface area contributed by atoms with Gasteiger partial charge in [-0.2, -0.15) is 0 Å². The van der Waals surface area contributed by atoms with Crippen molar-refractivity contribution < 1.29 is 23.5 Å². The number of piperidine rings is 1. The fourth-order valence-corrected chi connectivity index (χ4v) is 7.22. The minimum Gasteiger partial charge on any atom is -0.456 e. The van der Waals surface area contributed by atoms with E-state index in [-0.39, 0.29) is 30.0 Å². The summed E-state index contributed by atoms with van der Waals surface area (Å²) in [6, 6.07) is 18.3. The molecule has 49 heavy (non-hydrogen) atoms. The Kier molecular flexibility index (Phi) is 9.39. The van der Waals surface area contributed by atoms with E-state index >= 15 is 0 Å². The molecule has 0 bridgehead atoms. The van der Waals surface area contributed by atoms with E-state index in [1.165, 1.54) is 6.07 Å². The van der Waals surface area contributed by atoms with Crippen molar-refractivity contribution in [2.75, 3.05) is 31.1 Å². The zero-order chi connectivity index (χ0) is 34.3. The van der Waals surface area contributed by atoms with Gasteiger partial charge in [-0.05, 0) is 94.0 Å². The van der Waals surface area contributed by atoms with Gasteiger partial charge < -0.3 is 18.9 Å². The average Bonchev–Trinajstić information content (AvgIpc) is 3.38. The number of amides is 2. The number of halogens is 2. The number of carbonyl (C=O) groups is 2. The van der Waals surface area contributed by atoms with Crippen molar-refractivity contribution in [1.82, 2.24) is 19.4 Å². The lowest BCUT2D eigenvalue weighted by atomic mass is 10.00. The Hall–Kier alpha value is -3.99. The molecule has 3 aromatic carbocycles. The third-order valence-electron chi connectivity index (χ3n) is 9.72. The second-order valence-electron chi connectivity index (χ2n) is 14.3. The molecular weight excluding hydrogens is 645 g/mol. The van der Waals surface area contributed by atoms with Gasteiger partial charge in [-0.25, -0.2) is 19.0 Å². The van der Waals surface area contributed by atoms with Crippen LogP contribution >= 0.6 is 11.6 Å². The minimum atomic E-state index is -0.583. The number of nitrogens with zero attached hydrogens (tertiary/aromatic N) is 5. The third-order valence-corrected chi connectivity index (χ3v) is 9.96. The highest BCUT2D eigenvalue weighted by Crippen LogP contribution is 2.33. The Morgan fingerprint density at radius 3 is 2.55 bits per heavy atom. The molecule has 4 heterocycles. The first kappa shape index (κ1) is 33.5. The highest BCUT2D eigenvalue weighted by molar-refractivity contribution is 6.30. The number of hydrogen-bond acceptors (Lipinski definition) is 6. The van der Waals surface area contributed by atoms with E-state index in [0.717, 1.165) is 67.1 Å². The maximum atomic E-state index is 14.6. The summed E-state index contributed by atoms with van der Waals surface area (Å²) in [7, 11) is 0. The van der Waals surface area contributed by atoms with E-state index in [2.05, 4.69) is 15.5 Å². The fraction of sp³-hybridized carbons (Fsp3) is 0.447. The Labute approximate surface area is 291 Å². The number of ether oxygens (including phenoxy) is 2. The monoisotopic (exact) mass is 687 g/mol. The molecule has 0 N–H and O–H groups in total. The van der Waals surface area contributed by atoms with Crippen molar-refractivity contribution in [3.05, 3.63) is 94.0 Å². The number of imidazole rings is 1. The molecule has 1 aromatic heterocycles. The first-order valence-corrected chi connectivity index (χ1v) is 17.6. The topological polar surface area (TPSA) is 80.1 Å². The van der Waals surface area contributed by atoms with Crippen LogP contribution in [0.15, 0.2) is 60.7 Å². The number of anilines is 1. The van der Waals surface area contributed by atoms with Crippen LogP contribution in [-0.2, 0) is 35.5 Å². The van der Waals surface area contributed by atoms with Gasteiger partial charge in [-0.15, -0.1) is 0 Å². The summed E-state index contributed by atoms with van der Waals surface area (Å²) >= 11 is 5.96. The molecular formula is C38H43ClFN5O4. The summed E-state index contributed by atoms with van der Waals surface area (Å²) in [6.07, 6.45) is 3.18. The SMILES string of the molecule is CC(C)(C)OC(=O)c1ccc2nc(CN3CCC(N4Cc5ccccc5N(CCc5ccc(Cl)cc5F)C4=O)CC3)n(CC3CCO3)c2c1. The van der Waals surface area contributed by atoms with E-state index < -0.39 is 5.60 Å². The van der Waals surface area contributed by atoms with E-state index in [1.54, 1.807) is 23.1 Å². The van der Waals surface area contributed by atoms with Gasteiger partial charge in [0.15, 0.2) is 0 Å². The van der Waals surface area contributed by atoms with Crippen molar-refractivity contribution in [3.63, 3.8) is 0 Å². The molecule has 11 heteroatoms. The molecule has 2 fully saturated rings. The van der Waals surface area contributed by atoms with Gasteiger partial charge in [-0.1, -0.05) is 35.9 Å². The van der Waals surface area contributed by atoms with Crippen LogP contribution in [0.25, 0.3) is 11.0 Å². The molecule has 1 atom stereocenters. The molecule has 2 amide bonds. The average molecular weight is 688 g/mol. The Morgan fingerprint density at radius 2 is 1.84 bits per heavy atom. The van der Waals surface area contributed by atoms with E-state index in [0.29, 0.717) is 48.7 Å². The summed E-state index contributed by atoms with van der Waals surface area (Å²) in [4.78, 5) is 38.1. The van der Waals surface area contributed by atoms with Crippen LogP contribution in [0.3, 0.4) is 0 Å². The molecule has 0 aliphatic carbocycles. The summed E-state index contributed by atoms with van der Waals surface area (Å²) in [5, 5.41) is 0.357. The van der Waals surface area contributed by atoms with Gasteiger partial charge >= 0.3 is 12.0 Å². The first-order valence-electron chi connectivity index (χ1n) is 17.2. The second kappa shape index (κ2) is 13.7. The molecule has 258 valence electrons. The van der Waals surface area contributed by atoms with Crippen LogP contribution in [0, 0.1) is 5.82 Å². The van der Waals surface area contributed by atoms with Crippen molar-refractivity contribution in [2.45, 2.75) is 83.8 Å². The number of aromatic nitrogens is 2. The van der Waals surface area contributed by atoms with Crippen LogP contribution in [-0.4, -0.2) is 75.3 Å². The predicted molar refractivity (Wildman–Crippen MR) is 187 cm³/mol. The number of esters is 1. The molecule has 0 spiro atoms. The van der Waals surface area contributed by atoms with Gasteiger partial charge in [0.1, 0.15) is 17.2 Å². The third kappa shape index (κ3) is 7.32. The Balaban J connectivity index is 1.05. The summed E-state index contributed by atoms with van der Waals surface area (Å²) in [5.74, 6) is 0.233. The van der Waals surface area contributed by atoms with Crippen LogP contribution in [0.1, 0.15) is 67.3 Å². The quantitative estimate of drug-likeness (QED) is 0.173. The lowest BCUT2D eigenvalue weighted by Gasteiger charge is -2.44. The van der Waals surface area contributed by atoms with Gasteiger partial charge in [0.2, 0.25) is 0 Å². The zero-order valence-electron chi connectivity index (χ0n) is 28.3. The number of carbonyl (C=O) groups excluding carboxylic acids is 2. The van der Waals surface area contributed by atoms with Crippen LogP contribution in [0.4, 0.5) is 14.9 Å². The lowest BCUT2D eigenvalue weighted by Crippen LogP contribution is -2.54. The van der Waals surface area contributed by atoms with Crippen molar-refractivity contribution in [1.29, 1.82) is 0 Å². The number of benzene rings is 3. The van der Waals surface area contributed by atoms with Gasteiger partial charge in [0.05, 0.1) is 41.5 Å². The second-order valence-corrected chi connectivity index (χ2v) is 14.7. The summed E-state index contributed by atoms with van der Waals surface area (Å²) < 4.78 is 28.2. The number of urea groups is 1. The van der Waals surface area contributed by atoms with Gasteiger partial charge in [0, 0.05) is 43.9 Å². The molecule has 7 rings (SSSR count). The van der Waals surface area contributed by atoms with E-state index in [1.807, 2.05) is 56.0 Å². The van der Waals surface area contributed by atoms with Gasteiger partial charge in [0.25, 0.3) is 0 Å². The minimum absolute atomic E-state index is 0.0328. The highest BCUT2D eigenvalue weighted by atomic mass is 35.5. The van der Waals surface area contributed by atoms with Crippen molar-refractivity contribution in [3.8, 4) is 0 Å².